The summed E-state index contributed by atoms with van der Waals surface area (Å²) in [5.74, 6) is 6.40. The molecule has 8 nitrogen and oxygen atoms in total. The van der Waals surface area contributed by atoms with Crippen molar-refractivity contribution in [2.24, 2.45) is 5.73 Å². The van der Waals surface area contributed by atoms with Crippen LogP contribution in [0.4, 0.5) is 4.39 Å². The number of fused-ring (bicyclic) bond motifs is 3. The van der Waals surface area contributed by atoms with E-state index >= 15 is 0 Å². The fourth-order valence-electron chi connectivity index (χ4n) is 2.78. The van der Waals surface area contributed by atoms with E-state index in [2.05, 4.69) is 27.0 Å². The number of nitrogens with two attached hydrogens (primary N) is 1. The van der Waals surface area contributed by atoms with E-state index in [9.17, 15) is 14.6 Å². The zero-order valence-corrected chi connectivity index (χ0v) is 16.3. The van der Waals surface area contributed by atoms with Crippen LogP contribution < -0.4 is 10.5 Å². The number of hydrogen-bond acceptors (Lipinski definition) is 9. The molecular formula is C19H17FN4O4S. The summed E-state index contributed by atoms with van der Waals surface area (Å²) >= 11 is 1.01. The lowest BCUT2D eigenvalue weighted by Gasteiger charge is -2.10. The van der Waals surface area contributed by atoms with E-state index in [1.54, 1.807) is 25.1 Å². The molecule has 1 aliphatic rings. The molecule has 0 saturated carbocycles. The van der Waals surface area contributed by atoms with Crippen molar-refractivity contribution >= 4 is 11.3 Å². The molecule has 1 aromatic carbocycles. The Morgan fingerprint density at radius 3 is 2.90 bits per heavy atom. The van der Waals surface area contributed by atoms with E-state index in [-0.39, 0.29) is 17.4 Å². The van der Waals surface area contributed by atoms with E-state index in [0.717, 1.165) is 11.3 Å². The molecule has 150 valence electrons. The molecule has 4 N–H and O–H groups in total. The van der Waals surface area contributed by atoms with Gasteiger partial charge in [0.25, 0.3) is 0 Å². The van der Waals surface area contributed by atoms with Gasteiger partial charge < -0.3 is 25.2 Å². The number of aliphatic hydroxyl groups is 2. The fourth-order valence-corrected chi connectivity index (χ4v) is 3.72. The lowest BCUT2D eigenvalue weighted by Crippen LogP contribution is -2.20. The van der Waals surface area contributed by atoms with Gasteiger partial charge in [0.1, 0.15) is 17.4 Å². The second kappa shape index (κ2) is 7.20. The highest BCUT2D eigenvalue weighted by atomic mass is 32.1. The third-order valence-corrected chi connectivity index (χ3v) is 5.45. The number of aliphatic hydroxyl groups excluding tert-OH is 1. The summed E-state index contributed by atoms with van der Waals surface area (Å²) in [6.07, 6.45) is -2.68. The van der Waals surface area contributed by atoms with Crippen molar-refractivity contribution in [3.63, 3.8) is 0 Å². The Hall–Kier alpha value is -2.84. The molecule has 3 heterocycles. The SMILES string of the molecule is Cc1nc([C@](C)(O)C#Cc2ccc3c(c2)-c2nc(C(N)O)sc2[C@@H](F)CO3)no1. The number of hydrogen-bond donors (Lipinski definition) is 3. The van der Waals surface area contributed by atoms with Crippen LogP contribution in [-0.4, -0.2) is 31.9 Å². The number of nitrogens with zero attached hydrogens (tertiary/aromatic N) is 3. The molecule has 29 heavy (non-hydrogen) atoms. The Kier molecular flexibility index (Phi) is 4.84. The Morgan fingerprint density at radius 2 is 2.21 bits per heavy atom. The first-order valence-electron chi connectivity index (χ1n) is 8.66. The van der Waals surface area contributed by atoms with Crippen LogP contribution >= 0.6 is 11.3 Å². The molecule has 1 aliphatic heterocycles. The van der Waals surface area contributed by atoms with E-state index in [0.29, 0.717) is 33.3 Å². The van der Waals surface area contributed by atoms with Gasteiger partial charge in [0.2, 0.25) is 11.7 Å². The van der Waals surface area contributed by atoms with Crippen molar-refractivity contribution in [1.82, 2.24) is 15.1 Å². The summed E-state index contributed by atoms with van der Waals surface area (Å²) in [5.41, 5.74) is 5.31. The first-order valence-corrected chi connectivity index (χ1v) is 9.48. The highest BCUT2D eigenvalue weighted by Crippen LogP contribution is 2.43. The highest BCUT2D eigenvalue weighted by molar-refractivity contribution is 7.12. The lowest BCUT2D eigenvalue weighted by atomic mass is 10.0. The summed E-state index contributed by atoms with van der Waals surface area (Å²) in [6, 6.07) is 5.03. The average Bonchev–Trinajstić information content (AvgIpc) is 3.29. The molecule has 0 aliphatic carbocycles. The normalized spacial score (nSPS) is 18.3. The molecule has 0 amide bonds. The molecule has 1 unspecified atom stereocenters. The van der Waals surface area contributed by atoms with Crippen LogP contribution in [0.2, 0.25) is 0 Å². The predicted octanol–water partition coefficient (Wildman–Crippen LogP) is 2.11. The van der Waals surface area contributed by atoms with Crippen molar-refractivity contribution in [1.29, 1.82) is 0 Å². The summed E-state index contributed by atoms with van der Waals surface area (Å²) in [4.78, 5) is 8.63. The van der Waals surface area contributed by atoms with Crippen LogP contribution in [0.15, 0.2) is 22.7 Å². The number of ether oxygens (including phenoxy) is 1. The van der Waals surface area contributed by atoms with E-state index < -0.39 is 18.0 Å². The maximum atomic E-state index is 14.5. The van der Waals surface area contributed by atoms with Gasteiger partial charge in [-0.25, -0.2) is 9.37 Å². The molecule has 0 fully saturated rings. The second-order valence-electron chi connectivity index (χ2n) is 6.66. The van der Waals surface area contributed by atoms with Crippen molar-refractivity contribution in [3.05, 3.63) is 45.4 Å². The molecule has 10 heteroatoms. The van der Waals surface area contributed by atoms with Gasteiger partial charge in [-0.05, 0) is 25.1 Å². The highest BCUT2D eigenvalue weighted by Gasteiger charge is 2.29. The Labute approximate surface area is 169 Å². The first kappa shape index (κ1) is 19.5. The summed E-state index contributed by atoms with van der Waals surface area (Å²) < 4.78 is 24.9. The number of halogens is 1. The summed E-state index contributed by atoms with van der Waals surface area (Å²) in [5, 5.41) is 24.0. The quantitative estimate of drug-likeness (QED) is 0.428. The molecule has 0 saturated heterocycles. The predicted molar refractivity (Wildman–Crippen MR) is 102 cm³/mol. The van der Waals surface area contributed by atoms with E-state index in [4.69, 9.17) is 15.0 Å². The smallest absolute Gasteiger partial charge is 0.223 e. The molecule has 0 radical (unpaired) electrons. The van der Waals surface area contributed by atoms with Gasteiger partial charge in [0.05, 0.1) is 10.6 Å². The minimum absolute atomic E-state index is 0.0595. The molecular weight excluding hydrogens is 399 g/mol. The van der Waals surface area contributed by atoms with Gasteiger partial charge in [0, 0.05) is 18.1 Å². The Bertz CT molecular complexity index is 1130. The third-order valence-electron chi connectivity index (χ3n) is 4.24. The third kappa shape index (κ3) is 3.73. The van der Waals surface area contributed by atoms with Crippen LogP contribution in [0, 0.1) is 18.8 Å². The molecule has 4 rings (SSSR count). The number of rotatable bonds is 2. The minimum atomic E-state index is -1.62. The number of aromatic nitrogens is 3. The molecule has 0 spiro atoms. The zero-order chi connectivity index (χ0) is 20.8. The van der Waals surface area contributed by atoms with Gasteiger partial charge in [-0.1, -0.05) is 17.0 Å². The summed E-state index contributed by atoms with van der Waals surface area (Å²) in [6.45, 7) is 2.90. The summed E-state index contributed by atoms with van der Waals surface area (Å²) in [7, 11) is 0. The van der Waals surface area contributed by atoms with Crippen molar-refractivity contribution in [2.75, 3.05) is 6.61 Å². The number of benzene rings is 1. The van der Waals surface area contributed by atoms with Gasteiger partial charge in [-0.3, -0.25) is 0 Å². The Balaban J connectivity index is 1.75. The lowest BCUT2D eigenvalue weighted by molar-refractivity contribution is 0.108. The standard InChI is InChI=1S/C19H17FN4O4S/c1-9-22-18(24-28-9)19(2,26)6-5-10-3-4-13-11(7-10)14-15(12(20)8-27-13)29-17(23-14)16(21)25/h3-4,7,12,16,25-26H,8,21H2,1-2H3/t12-,16?,19+/m0/s1. The van der Waals surface area contributed by atoms with Crippen LogP contribution in [-0.2, 0) is 5.60 Å². The molecule has 3 aromatic rings. The zero-order valence-electron chi connectivity index (χ0n) is 15.5. The topological polar surface area (TPSA) is 128 Å². The largest absolute Gasteiger partial charge is 0.489 e. The van der Waals surface area contributed by atoms with Crippen LogP contribution in [0.25, 0.3) is 11.3 Å². The number of thiazole rings is 1. The van der Waals surface area contributed by atoms with Crippen molar-refractivity contribution in [3.8, 4) is 28.8 Å². The monoisotopic (exact) mass is 416 g/mol. The molecule has 3 atom stereocenters. The second-order valence-corrected chi connectivity index (χ2v) is 7.72. The van der Waals surface area contributed by atoms with Crippen molar-refractivity contribution in [2.45, 2.75) is 31.8 Å². The van der Waals surface area contributed by atoms with Gasteiger partial charge >= 0.3 is 0 Å². The van der Waals surface area contributed by atoms with E-state index in [1.807, 2.05) is 0 Å². The van der Waals surface area contributed by atoms with Crippen LogP contribution in [0.1, 0.15) is 46.5 Å². The van der Waals surface area contributed by atoms with Crippen molar-refractivity contribution < 1.29 is 23.9 Å². The number of alkyl halides is 1. The van der Waals surface area contributed by atoms with Gasteiger partial charge in [-0.15, -0.1) is 11.3 Å². The maximum absolute atomic E-state index is 14.5. The first-order chi connectivity index (χ1) is 13.7. The minimum Gasteiger partial charge on any atom is -0.489 e. The molecule has 2 aromatic heterocycles. The fraction of sp³-hybridized carbons (Fsp3) is 0.316. The van der Waals surface area contributed by atoms with Crippen LogP contribution in [0.3, 0.4) is 0 Å². The van der Waals surface area contributed by atoms with E-state index in [1.165, 1.54) is 6.92 Å². The maximum Gasteiger partial charge on any atom is 0.223 e. The molecule has 0 bridgehead atoms. The average molecular weight is 416 g/mol. The van der Waals surface area contributed by atoms with Crippen LogP contribution in [0.5, 0.6) is 5.75 Å². The van der Waals surface area contributed by atoms with Gasteiger partial charge in [0.15, 0.2) is 18.0 Å². The Morgan fingerprint density at radius 1 is 1.41 bits per heavy atom. The van der Waals surface area contributed by atoms with Gasteiger partial charge in [-0.2, -0.15) is 4.98 Å². The number of aryl methyl sites for hydroxylation is 1.